The van der Waals surface area contributed by atoms with E-state index in [2.05, 4.69) is 21.1 Å². The van der Waals surface area contributed by atoms with E-state index in [9.17, 15) is 13.2 Å². The van der Waals surface area contributed by atoms with Crippen molar-refractivity contribution in [2.75, 3.05) is 5.32 Å². The van der Waals surface area contributed by atoms with E-state index in [1.807, 2.05) is 13.8 Å². The number of hydrogen-bond donors (Lipinski definition) is 2. The summed E-state index contributed by atoms with van der Waals surface area (Å²) in [5.41, 5.74) is 6.40. The van der Waals surface area contributed by atoms with Crippen molar-refractivity contribution in [1.29, 1.82) is 0 Å². The minimum atomic E-state index is -3.97. The molecule has 2 aliphatic carbocycles. The molecule has 2 aliphatic rings. The number of fused-ring (bicyclic) bond motifs is 2. The minimum absolute atomic E-state index is 0. The van der Waals surface area contributed by atoms with Crippen molar-refractivity contribution in [3.05, 3.63) is 52.3 Å². The number of anilines is 1. The SMILES string of the molecule is CC(C)c1cc(S(=O)(=O)NC(=O)Nc2c3c(cc4c2CCC4)CCC3)ccn1.[Na]. The van der Waals surface area contributed by atoms with Gasteiger partial charge in [0, 0.05) is 47.1 Å². The molecule has 6 nitrogen and oxygen atoms in total. The van der Waals surface area contributed by atoms with Crippen LogP contribution in [0.5, 0.6) is 0 Å². The summed E-state index contributed by atoms with van der Waals surface area (Å²) in [4.78, 5) is 16.8. The topological polar surface area (TPSA) is 88.2 Å². The monoisotopic (exact) mass is 422 g/mol. The van der Waals surface area contributed by atoms with Crippen LogP contribution in [-0.2, 0) is 35.7 Å². The third-order valence-corrected chi connectivity index (χ3v) is 6.92. The third kappa shape index (κ3) is 4.53. The van der Waals surface area contributed by atoms with Gasteiger partial charge in [0.1, 0.15) is 0 Å². The summed E-state index contributed by atoms with van der Waals surface area (Å²) >= 11 is 0. The maximum Gasteiger partial charge on any atom is 0.333 e. The Morgan fingerprint density at radius 2 is 1.66 bits per heavy atom. The van der Waals surface area contributed by atoms with Crippen molar-refractivity contribution < 1.29 is 13.2 Å². The number of nitrogens with one attached hydrogen (secondary N) is 2. The molecular weight excluding hydrogens is 397 g/mol. The molecule has 0 fully saturated rings. The molecule has 0 atom stereocenters. The summed E-state index contributed by atoms with van der Waals surface area (Å²) in [6, 6.07) is 4.48. The fraction of sp³-hybridized carbons (Fsp3) is 0.429. The number of rotatable bonds is 4. The molecule has 0 unspecified atom stereocenters. The second-order valence-corrected chi connectivity index (χ2v) is 9.55. The molecule has 0 saturated heterocycles. The number of hydrogen-bond acceptors (Lipinski definition) is 4. The number of aromatic nitrogens is 1. The molecule has 4 rings (SSSR count). The van der Waals surface area contributed by atoms with E-state index in [0.717, 1.165) is 44.2 Å². The third-order valence-electron chi connectivity index (χ3n) is 5.59. The van der Waals surface area contributed by atoms with Gasteiger partial charge in [0.15, 0.2) is 0 Å². The van der Waals surface area contributed by atoms with Gasteiger partial charge in [0.05, 0.1) is 4.90 Å². The van der Waals surface area contributed by atoms with Crippen LogP contribution in [0.1, 0.15) is 60.6 Å². The maximum atomic E-state index is 12.7. The second kappa shape index (κ2) is 8.76. The quantitative estimate of drug-likeness (QED) is 0.740. The average molecular weight is 423 g/mol. The summed E-state index contributed by atoms with van der Waals surface area (Å²) in [6.45, 7) is 3.88. The molecule has 149 valence electrons. The molecule has 2 N–H and O–H groups in total. The first kappa shape index (κ1) is 22.3. The van der Waals surface area contributed by atoms with Gasteiger partial charge in [-0.05, 0) is 78.8 Å². The van der Waals surface area contributed by atoms with Crippen LogP contribution >= 0.6 is 0 Å². The van der Waals surface area contributed by atoms with Crippen molar-refractivity contribution in [2.24, 2.45) is 0 Å². The standard InChI is InChI=1S/C21H25N3O3S.Na/c1-13(2)19-12-16(9-10-22-19)28(26,27)24-21(25)23-20-17-7-3-5-14(17)11-15-6-4-8-18(15)20;/h9-13H,3-8H2,1-2H3,(H2,23,24,25);. The van der Waals surface area contributed by atoms with Crippen LogP contribution in [0, 0.1) is 0 Å². The van der Waals surface area contributed by atoms with Crippen LogP contribution in [0.2, 0.25) is 0 Å². The molecule has 1 heterocycles. The number of carbonyl (C=O) groups is 1. The largest absolute Gasteiger partial charge is 0.333 e. The van der Waals surface area contributed by atoms with Crippen LogP contribution in [0.3, 0.4) is 0 Å². The van der Waals surface area contributed by atoms with Crippen LogP contribution in [0.15, 0.2) is 29.3 Å². The Bertz CT molecular complexity index is 1020. The average Bonchev–Trinajstić information content (AvgIpc) is 3.30. The van der Waals surface area contributed by atoms with Crippen LogP contribution < -0.4 is 10.0 Å². The molecule has 8 heteroatoms. The first-order chi connectivity index (χ1) is 13.3. The summed E-state index contributed by atoms with van der Waals surface area (Å²) in [7, 11) is -3.97. The first-order valence-corrected chi connectivity index (χ1v) is 11.3. The molecule has 1 aromatic heterocycles. The summed E-state index contributed by atoms with van der Waals surface area (Å²) in [5, 5.41) is 2.86. The zero-order chi connectivity index (χ0) is 19.9. The molecule has 0 bridgehead atoms. The molecule has 0 aliphatic heterocycles. The summed E-state index contributed by atoms with van der Waals surface area (Å²) < 4.78 is 27.5. The van der Waals surface area contributed by atoms with E-state index in [0.29, 0.717) is 5.69 Å². The Balaban J connectivity index is 0.00000240. The first-order valence-electron chi connectivity index (χ1n) is 9.81. The molecular formula is C21H25N3NaO3S. The second-order valence-electron chi connectivity index (χ2n) is 7.86. The predicted octanol–water partition coefficient (Wildman–Crippen LogP) is 3.31. The Labute approximate surface area is 194 Å². The van der Waals surface area contributed by atoms with Crippen molar-refractivity contribution in [3.63, 3.8) is 0 Å². The number of urea groups is 1. The fourth-order valence-corrected chi connectivity index (χ4v) is 5.13. The number of benzene rings is 1. The number of pyridine rings is 1. The Morgan fingerprint density at radius 1 is 1.03 bits per heavy atom. The predicted molar refractivity (Wildman–Crippen MR) is 114 cm³/mol. The van der Waals surface area contributed by atoms with Gasteiger partial charge in [-0.15, -0.1) is 0 Å². The molecule has 1 radical (unpaired) electrons. The molecule has 29 heavy (non-hydrogen) atoms. The summed E-state index contributed by atoms with van der Waals surface area (Å²) in [6.07, 6.45) is 7.49. The zero-order valence-electron chi connectivity index (χ0n) is 17.2. The molecule has 1 aromatic carbocycles. The number of nitrogens with zero attached hydrogens (tertiary/aromatic N) is 1. The zero-order valence-corrected chi connectivity index (χ0v) is 20.0. The Kier molecular flexibility index (Phi) is 6.73. The van der Waals surface area contributed by atoms with E-state index < -0.39 is 16.1 Å². The van der Waals surface area contributed by atoms with Crippen LogP contribution in [-0.4, -0.2) is 49.0 Å². The van der Waals surface area contributed by atoms with E-state index in [4.69, 9.17) is 0 Å². The van der Waals surface area contributed by atoms with Gasteiger partial charge in [-0.25, -0.2) is 17.9 Å². The summed E-state index contributed by atoms with van der Waals surface area (Å²) in [5.74, 6) is 0.0958. The molecule has 0 spiro atoms. The van der Waals surface area contributed by atoms with Gasteiger partial charge in [-0.3, -0.25) is 4.98 Å². The number of aryl methyl sites for hydroxylation is 2. The number of sulfonamides is 1. The van der Waals surface area contributed by atoms with E-state index >= 15 is 0 Å². The van der Waals surface area contributed by atoms with Gasteiger partial charge >= 0.3 is 6.03 Å². The Morgan fingerprint density at radius 3 is 2.24 bits per heavy atom. The van der Waals surface area contributed by atoms with Gasteiger partial charge in [0.2, 0.25) is 0 Å². The van der Waals surface area contributed by atoms with Crippen LogP contribution in [0.25, 0.3) is 0 Å². The van der Waals surface area contributed by atoms with E-state index in [-0.39, 0.29) is 40.4 Å². The smallest absolute Gasteiger partial charge is 0.307 e. The molecule has 2 aromatic rings. The van der Waals surface area contributed by atoms with Crippen molar-refractivity contribution >= 4 is 51.3 Å². The maximum absolute atomic E-state index is 12.7. The Hall–Kier alpha value is -1.41. The van der Waals surface area contributed by atoms with Crippen molar-refractivity contribution in [2.45, 2.75) is 63.2 Å². The fourth-order valence-electron chi connectivity index (χ4n) is 4.20. The van der Waals surface area contributed by atoms with Crippen molar-refractivity contribution in [1.82, 2.24) is 9.71 Å². The normalized spacial score (nSPS) is 14.9. The van der Waals surface area contributed by atoms with Gasteiger partial charge in [-0.1, -0.05) is 19.9 Å². The van der Waals surface area contributed by atoms with Gasteiger partial charge in [0.25, 0.3) is 10.0 Å². The van der Waals surface area contributed by atoms with Gasteiger partial charge in [-0.2, -0.15) is 0 Å². The number of amides is 2. The van der Waals surface area contributed by atoms with Gasteiger partial charge < -0.3 is 5.32 Å². The van der Waals surface area contributed by atoms with Crippen LogP contribution in [0.4, 0.5) is 10.5 Å². The number of carbonyl (C=O) groups excluding carboxylic acids is 1. The van der Waals surface area contributed by atoms with Crippen molar-refractivity contribution in [3.8, 4) is 0 Å². The van der Waals surface area contributed by atoms with E-state index in [1.165, 1.54) is 40.6 Å². The van der Waals surface area contributed by atoms with E-state index in [1.54, 1.807) is 0 Å². The minimum Gasteiger partial charge on any atom is -0.307 e. The molecule has 0 saturated carbocycles. The molecule has 2 amide bonds.